The highest BCUT2D eigenvalue weighted by atomic mass is 16.2. The molecule has 3 heterocycles. The monoisotopic (exact) mass is 455 g/mol. The predicted molar refractivity (Wildman–Crippen MR) is 133 cm³/mol. The molecule has 1 unspecified atom stereocenters. The molecule has 174 valence electrons. The Balaban J connectivity index is 1.30. The molecule has 1 aliphatic rings. The minimum atomic E-state index is -0.157. The van der Waals surface area contributed by atoms with Gasteiger partial charge in [0.15, 0.2) is 0 Å². The fraction of sp³-hybridized carbons (Fsp3) is 0.296. The van der Waals surface area contributed by atoms with Crippen LogP contribution in [0.25, 0.3) is 22.2 Å². The molecule has 2 amide bonds. The first-order valence-electron chi connectivity index (χ1n) is 11.8. The number of rotatable bonds is 7. The number of nitrogens with zero attached hydrogens (tertiary/aromatic N) is 4. The lowest BCUT2D eigenvalue weighted by molar-refractivity contribution is -0.124. The number of benzene rings is 2. The van der Waals surface area contributed by atoms with Gasteiger partial charge in [0.1, 0.15) is 12.4 Å². The second-order valence-corrected chi connectivity index (χ2v) is 9.00. The van der Waals surface area contributed by atoms with E-state index in [-0.39, 0.29) is 24.4 Å². The molecule has 0 saturated heterocycles. The molecule has 1 aliphatic heterocycles. The van der Waals surface area contributed by atoms with Crippen LogP contribution in [0.1, 0.15) is 25.3 Å². The van der Waals surface area contributed by atoms with Gasteiger partial charge in [-0.25, -0.2) is 4.68 Å². The van der Waals surface area contributed by atoms with Crippen molar-refractivity contribution in [3.63, 3.8) is 0 Å². The van der Waals surface area contributed by atoms with Gasteiger partial charge in [-0.15, -0.1) is 0 Å². The van der Waals surface area contributed by atoms with E-state index in [1.165, 1.54) is 5.56 Å². The number of hydrogen-bond donors (Lipinski definition) is 1. The highest BCUT2D eigenvalue weighted by molar-refractivity contribution is 6.00. The van der Waals surface area contributed by atoms with Crippen LogP contribution in [0.15, 0.2) is 66.9 Å². The topological polar surface area (TPSA) is 72.2 Å². The molecule has 2 aromatic carbocycles. The smallest absolute Gasteiger partial charge is 0.240 e. The van der Waals surface area contributed by atoms with Crippen molar-refractivity contribution in [3.8, 4) is 11.3 Å². The second-order valence-electron chi connectivity index (χ2n) is 9.00. The molecule has 0 fully saturated rings. The van der Waals surface area contributed by atoms with E-state index in [2.05, 4.69) is 40.3 Å². The summed E-state index contributed by atoms with van der Waals surface area (Å²) in [7, 11) is 2.01. The fourth-order valence-corrected chi connectivity index (χ4v) is 4.66. The Morgan fingerprint density at radius 3 is 2.71 bits per heavy atom. The second kappa shape index (κ2) is 9.17. The first-order valence-corrected chi connectivity index (χ1v) is 11.8. The van der Waals surface area contributed by atoms with Crippen LogP contribution >= 0.6 is 0 Å². The van der Waals surface area contributed by atoms with E-state index in [1.807, 2.05) is 55.1 Å². The molecule has 7 heteroatoms. The molecule has 0 saturated carbocycles. The number of amides is 2. The van der Waals surface area contributed by atoms with Gasteiger partial charge in [-0.3, -0.25) is 14.5 Å². The molecule has 0 aliphatic carbocycles. The van der Waals surface area contributed by atoms with E-state index in [4.69, 9.17) is 5.10 Å². The Morgan fingerprint density at radius 1 is 1.12 bits per heavy atom. The minimum Gasteiger partial charge on any atom is -0.352 e. The van der Waals surface area contributed by atoms with Gasteiger partial charge in [-0.2, -0.15) is 5.10 Å². The summed E-state index contributed by atoms with van der Waals surface area (Å²) in [5.74, 6) is 0.463. The zero-order valence-corrected chi connectivity index (χ0v) is 19.6. The highest BCUT2D eigenvalue weighted by Crippen LogP contribution is 2.33. The average Bonchev–Trinajstić information content (AvgIpc) is 3.42. The molecule has 34 heavy (non-hydrogen) atoms. The average molecular weight is 456 g/mol. The Morgan fingerprint density at radius 2 is 1.88 bits per heavy atom. The largest absolute Gasteiger partial charge is 0.352 e. The molecular weight excluding hydrogens is 426 g/mol. The van der Waals surface area contributed by atoms with Gasteiger partial charge in [0.2, 0.25) is 11.8 Å². The predicted octanol–water partition coefficient (Wildman–Crippen LogP) is 3.92. The molecule has 0 bridgehead atoms. The van der Waals surface area contributed by atoms with E-state index in [0.717, 1.165) is 35.0 Å². The van der Waals surface area contributed by atoms with E-state index in [9.17, 15) is 9.59 Å². The Kier molecular flexibility index (Phi) is 5.92. The Hall–Kier alpha value is -3.87. The number of aryl methyl sites for hydroxylation is 3. The molecule has 5 rings (SSSR count). The van der Waals surface area contributed by atoms with E-state index >= 15 is 0 Å². The zero-order chi connectivity index (χ0) is 23.7. The zero-order valence-electron chi connectivity index (χ0n) is 19.6. The summed E-state index contributed by atoms with van der Waals surface area (Å²) in [6.07, 6.45) is 4.13. The van der Waals surface area contributed by atoms with Crippen molar-refractivity contribution in [1.82, 2.24) is 19.7 Å². The molecular formula is C27H29N5O2. The number of aromatic nitrogens is 3. The first kappa shape index (κ1) is 21.9. The maximum Gasteiger partial charge on any atom is 0.240 e. The number of para-hydroxylation sites is 1. The summed E-state index contributed by atoms with van der Waals surface area (Å²) in [5.41, 5.74) is 4.20. The molecule has 1 atom stereocenters. The van der Waals surface area contributed by atoms with Gasteiger partial charge >= 0.3 is 0 Å². The Labute approximate surface area is 199 Å². The van der Waals surface area contributed by atoms with Gasteiger partial charge in [0.25, 0.3) is 0 Å². The maximum absolute atomic E-state index is 12.8. The first-order chi connectivity index (χ1) is 16.5. The third kappa shape index (κ3) is 4.33. The van der Waals surface area contributed by atoms with Crippen molar-refractivity contribution in [3.05, 3.63) is 72.4 Å². The van der Waals surface area contributed by atoms with Gasteiger partial charge < -0.3 is 9.88 Å². The third-order valence-electron chi connectivity index (χ3n) is 6.46. The number of anilines is 1. The summed E-state index contributed by atoms with van der Waals surface area (Å²) >= 11 is 0. The number of carbonyl (C=O) groups is 2. The van der Waals surface area contributed by atoms with Crippen molar-refractivity contribution >= 4 is 28.5 Å². The van der Waals surface area contributed by atoms with Gasteiger partial charge in [0, 0.05) is 48.2 Å². The third-order valence-corrected chi connectivity index (χ3v) is 6.46. The lowest BCUT2D eigenvalue weighted by Gasteiger charge is -2.27. The number of nitrogens with one attached hydrogen (secondary N) is 1. The lowest BCUT2D eigenvalue weighted by atomic mass is 10.1. The summed E-state index contributed by atoms with van der Waals surface area (Å²) < 4.78 is 3.92. The van der Waals surface area contributed by atoms with Crippen LogP contribution < -0.4 is 10.2 Å². The number of fused-ring (bicyclic) bond motifs is 2. The highest BCUT2D eigenvalue weighted by Gasteiger charge is 2.29. The summed E-state index contributed by atoms with van der Waals surface area (Å²) in [6, 6.07) is 20.4. The van der Waals surface area contributed by atoms with E-state index in [0.29, 0.717) is 18.8 Å². The SMILES string of the molecule is CC(CCc1ccccc1)NC(=O)CN1C(=O)CCn2nc(-c3cn(C)c4ccccc34)cc21. The summed E-state index contributed by atoms with van der Waals surface area (Å²) in [6.45, 7) is 2.52. The maximum atomic E-state index is 12.8. The van der Waals surface area contributed by atoms with Gasteiger partial charge in [-0.1, -0.05) is 48.5 Å². The number of carbonyl (C=O) groups excluding carboxylic acids is 2. The standard InChI is InChI=1S/C27H29N5O2/c1-19(12-13-20-8-4-3-5-9-20)28-25(33)18-31-26-16-23(29-32(26)15-14-27(31)34)22-17-30(2)24-11-7-6-10-21(22)24/h3-11,16-17,19H,12-15,18H2,1-2H3,(H,28,33). The van der Waals surface area contributed by atoms with E-state index < -0.39 is 0 Å². The molecule has 7 nitrogen and oxygen atoms in total. The van der Waals surface area contributed by atoms with Crippen LogP contribution in [-0.4, -0.2) is 38.7 Å². The summed E-state index contributed by atoms with van der Waals surface area (Å²) in [5, 5.41) is 8.94. The minimum absolute atomic E-state index is 0.00478. The normalized spacial score (nSPS) is 14.3. The summed E-state index contributed by atoms with van der Waals surface area (Å²) in [4.78, 5) is 27.1. The molecule has 2 aromatic heterocycles. The molecule has 4 aromatic rings. The van der Waals surface area contributed by atoms with Crippen molar-refractivity contribution < 1.29 is 9.59 Å². The van der Waals surface area contributed by atoms with Crippen LogP contribution in [0.2, 0.25) is 0 Å². The van der Waals surface area contributed by atoms with Crippen molar-refractivity contribution in [2.45, 2.75) is 38.8 Å². The van der Waals surface area contributed by atoms with Gasteiger partial charge in [0.05, 0.1) is 12.2 Å². The van der Waals surface area contributed by atoms with Gasteiger partial charge in [-0.05, 0) is 31.4 Å². The van der Waals surface area contributed by atoms with Crippen molar-refractivity contribution in [2.75, 3.05) is 11.4 Å². The molecule has 1 N–H and O–H groups in total. The quantitative estimate of drug-likeness (QED) is 0.459. The molecule has 0 radical (unpaired) electrons. The van der Waals surface area contributed by atoms with Crippen molar-refractivity contribution in [1.29, 1.82) is 0 Å². The fourth-order valence-electron chi connectivity index (χ4n) is 4.66. The van der Waals surface area contributed by atoms with E-state index in [1.54, 1.807) is 4.90 Å². The van der Waals surface area contributed by atoms with Crippen LogP contribution in [-0.2, 0) is 29.6 Å². The van der Waals surface area contributed by atoms with Crippen LogP contribution in [0.5, 0.6) is 0 Å². The van der Waals surface area contributed by atoms with Crippen molar-refractivity contribution in [2.24, 2.45) is 7.05 Å². The van der Waals surface area contributed by atoms with Crippen LogP contribution in [0, 0.1) is 0 Å². The molecule has 0 spiro atoms. The number of hydrogen-bond acceptors (Lipinski definition) is 3. The Bertz CT molecular complexity index is 1340. The lowest BCUT2D eigenvalue weighted by Crippen LogP contribution is -2.46. The van der Waals surface area contributed by atoms with Crippen LogP contribution in [0.3, 0.4) is 0 Å². The van der Waals surface area contributed by atoms with Crippen LogP contribution in [0.4, 0.5) is 5.82 Å².